The van der Waals surface area contributed by atoms with Crippen molar-refractivity contribution in [2.24, 2.45) is 0 Å². The third-order valence-corrected chi connectivity index (χ3v) is 4.18. The molecule has 0 radical (unpaired) electrons. The van der Waals surface area contributed by atoms with Crippen molar-refractivity contribution in [3.05, 3.63) is 41.4 Å². The second-order valence-electron chi connectivity index (χ2n) is 4.86. The monoisotopic (exact) mass is 302 g/mol. The van der Waals surface area contributed by atoms with Crippen molar-refractivity contribution in [2.45, 2.75) is 39.5 Å². The highest BCUT2D eigenvalue weighted by Crippen LogP contribution is 2.26. The fourth-order valence-electron chi connectivity index (χ4n) is 1.93. The summed E-state index contributed by atoms with van der Waals surface area (Å²) < 4.78 is 5.59. The second-order valence-corrected chi connectivity index (χ2v) is 5.92. The SMILES string of the molecule is C/C=C/COc1ccc(-c2nnc(CCCCC)s2)cc1. The lowest BCUT2D eigenvalue weighted by molar-refractivity contribution is 0.363. The Morgan fingerprint density at radius 2 is 1.95 bits per heavy atom. The van der Waals surface area contributed by atoms with E-state index in [1.54, 1.807) is 11.3 Å². The molecule has 0 bridgehead atoms. The number of aromatic nitrogens is 2. The van der Waals surface area contributed by atoms with Crippen LogP contribution in [0, 0.1) is 0 Å². The second kappa shape index (κ2) is 8.57. The van der Waals surface area contributed by atoms with E-state index < -0.39 is 0 Å². The lowest BCUT2D eigenvalue weighted by Gasteiger charge is -2.03. The molecule has 0 saturated carbocycles. The number of hydrogen-bond donors (Lipinski definition) is 0. The molecule has 1 aromatic heterocycles. The summed E-state index contributed by atoms with van der Waals surface area (Å²) in [4.78, 5) is 0. The molecule has 0 aliphatic heterocycles. The molecule has 1 aromatic carbocycles. The van der Waals surface area contributed by atoms with E-state index in [4.69, 9.17) is 4.74 Å². The largest absolute Gasteiger partial charge is 0.490 e. The van der Waals surface area contributed by atoms with Crippen LogP contribution in [0.15, 0.2) is 36.4 Å². The van der Waals surface area contributed by atoms with Crippen LogP contribution in [0.5, 0.6) is 5.75 Å². The van der Waals surface area contributed by atoms with Crippen LogP contribution in [0.25, 0.3) is 10.6 Å². The third-order valence-electron chi connectivity index (χ3n) is 3.14. The molecule has 0 N–H and O–H groups in total. The molecule has 1 heterocycles. The van der Waals surface area contributed by atoms with Crippen LogP contribution in [0.1, 0.15) is 38.1 Å². The molecule has 0 spiro atoms. The van der Waals surface area contributed by atoms with Gasteiger partial charge in [0.05, 0.1) is 0 Å². The van der Waals surface area contributed by atoms with Crippen LogP contribution in [0.4, 0.5) is 0 Å². The molecule has 0 unspecified atom stereocenters. The number of allylic oxidation sites excluding steroid dienone is 1. The normalized spacial score (nSPS) is 11.1. The van der Waals surface area contributed by atoms with E-state index in [2.05, 4.69) is 17.1 Å². The molecule has 21 heavy (non-hydrogen) atoms. The van der Waals surface area contributed by atoms with Crippen molar-refractivity contribution in [3.8, 4) is 16.3 Å². The number of hydrogen-bond acceptors (Lipinski definition) is 4. The standard InChI is InChI=1S/C17H22N2OS/c1-3-5-7-8-16-18-19-17(21-16)14-9-11-15(12-10-14)20-13-6-4-2/h4,6,9-12H,3,5,7-8,13H2,1-2H3/b6-4+. The molecule has 4 heteroatoms. The van der Waals surface area contributed by atoms with Crippen LogP contribution in [-0.2, 0) is 6.42 Å². The Morgan fingerprint density at radius 3 is 2.67 bits per heavy atom. The van der Waals surface area contributed by atoms with Crippen molar-refractivity contribution < 1.29 is 4.74 Å². The highest BCUT2D eigenvalue weighted by Gasteiger charge is 2.06. The fraction of sp³-hybridized carbons (Fsp3) is 0.412. The summed E-state index contributed by atoms with van der Waals surface area (Å²) in [5.74, 6) is 0.879. The molecule has 2 aromatic rings. The van der Waals surface area contributed by atoms with Gasteiger partial charge in [-0.1, -0.05) is 43.3 Å². The Morgan fingerprint density at radius 1 is 1.14 bits per heavy atom. The average Bonchev–Trinajstić information content (AvgIpc) is 2.97. The molecule has 0 saturated heterocycles. The van der Waals surface area contributed by atoms with Gasteiger partial charge >= 0.3 is 0 Å². The van der Waals surface area contributed by atoms with Gasteiger partial charge in [-0.25, -0.2) is 0 Å². The maximum atomic E-state index is 5.59. The van der Waals surface area contributed by atoms with E-state index in [1.165, 1.54) is 19.3 Å². The molecular formula is C17H22N2OS. The van der Waals surface area contributed by atoms with Crippen LogP contribution in [0.2, 0.25) is 0 Å². The third kappa shape index (κ3) is 4.97. The molecule has 3 nitrogen and oxygen atoms in total. The predicted molar refractivity (Wildman–Crippen MR) is 88.9 cm³/mol. The lowest BCUT2D eigenvalue weighted by Crippen LogP contribution is -1.92. The average molecular weight is 302 g/mol. The van der Waals surface area contributed by atoms with Gasteiger partial charge < -0.3 is 4.74 Å². The maximum absolute atomic E-state index is 5.59. The molecular weight excluding hydrogens is 280 g/mol. The molecule has 0 amide bonds. The molecule has 0 fully saturated rings. The van der Waals surface area contributed by atoms with Gasteiger partial charge in [0, 0.05) is 12.0 Å². The Balaban J connectivity index is 1.95. The minimum absolute atomic E-state index is 0.607. The van der Waals surface area contributed by atoms with Crippen LogP contribution in [-0.4, -0.2) is 16.8 Å². The number of rotatable bonds is 8. The molecule has 0 aliphatic carbocycles. The number of unbranched alkanes of at least 4 members (excludes halogenated alkanes) is 2. The number of nitrogens with zero attached hydrogens (tertiary/aromatic N) is 2. The van der Waals surface area contributed by atoms with Crippen LogP contribution >= 0.6 is 11.3 Å². The Hall–Kier alpha value is -1.68. The summed E-state index contributed by atoms with van der Waals surface area (Å²) in [6.45, 7) is 4.81. The van der Waals surface area contributed by atoms with Crippen molar-refractivity contribution in [1.29, 1.82) is 0 Å². The minimum Gasteiger partial charge on any atom is -0.490 e. The van der Waals surface area contributed by atoms with Crippen molar-refractivity contribution in [3.63, 3.8) is 0 Å². The highest BCUT2D eigenvalue weighted by atomic mass is 32.1. The maximum Gasteiger partial charge on any atom is 0.147 e. The van der Waals surface area contributed by atoms with Gasteiger partial charge in [-0.15, -0.1) is 10.2 Å². The number of benzene rings is 1. The van der Waals surface area contributed by atoms with Gasteiger partial charge in [-0.3, -0.25) is 0 Å². The first-order valence-corrected chi connectivity index (χ1v) is 8.32. The quantitative estimate of drug-likeness (QED) is 0.514. The minimum atomic E-state index is 0.607. The summed E-state index contributed by atoms with van der Waals surface area (Å²) in [5, 5.41) is 10.7. The summed E-state index contributed by atoms with van der Waals surface area (Å²) in [6.07, 6.45) is 8.70. The van der Waals surface area contributed by atoms with Gasteiger partial charge in [0.1, 0.15) is 22.4 Å². The van der Waals surface area contributed by atoms with Crippen molar-refractivity contribution in [2.75, 3.05) is 6.61 Å². The number of aryl methyl sites for hydroxylation is 1. The van der Waals surface area contributed by atoms with Gasteiger partial charge in [0.2, 0.25) is 0 Å². The summed E-state index contributed by atoms with van der Waals surface area (Å²) >= 11 is 1.69. The Kier molecular flexibility index (Phi) is 6.41. The first-order chi connectivity index (χ1) is 10.3. The Bertz CT molecular complexity index is 560. The Labute approximate surface area is 130 Å². The number of ether oxygens (including phenoxy) is 1. The summed E-state index contributed by atoms with van der Waals surface area (Å²) in [7, 11) is 0. The van der Waals surface area contributed by atoms with E-state index in [9.17, 15) is 0 Å². The predicted octanol–water partition coefficient (Wildman–Crippen LogP) is 4.89. The van der Waals surface area contributed by atoms with E-state index in [0.717, 1.165) is 27.7 Å². The zero-order valence-corrected chi connectivity index (χ0v) is 13.5. The molecule has 0 atom stereocenters. The first-order valence-electron chi connectivity index (χ1n) is 7.50. The zero-order valence-electron chi connectivity index (χ0n) is 12.7. The van der Waals surface area contributed by atoms with E-state index in [-0.39, 0.29) is 0 Å². The van der Waals surface area contributed by atoms with Gasteiger partial charge in [0.25, 0.3) is 0 Å². The summed E-state index contributed by atoms with van der Waals surface area (Å²) in [5.41, 5.74) is 1.10. The van der Waals surface area contributed by atoms with Gasteiger partial charge in [-0.2, -0.15) is 0 Å². The van der Waals surface area contributed by atoms with E-state index >= 15 is 0 Å². The van der Waals surface area contributed by atoms with Crippen LogP contribution < -0.4 is 4.74 Å². The van der Waals surface area contributed by atoms with Crippen molar-refractivity contribution in [1.82, 2.24) is 10.2 Å². The summed E-state index contributed by atoms with van der Waals surface area (Å²) in [6, 6.07) is 8.05. The lowest BCUT2D eigenvalue weighted by atomic mass is 10.2. The van der Waals surface area contributed by atoms with E-state index in [1.807, 2.05) is 43.3 Å². The van der Waals surface area contributed by atoms with Crippen molar-refractivity contribution >= 4 is 11.3 Å². The molecule has 112 valence electrons. The first kappa shape index (κ1) is 15.7. The fourth-order valence-corrected chi connectivity index (χ4v) is 2.82. The molecule has 2 rings (SSSR count). The highest BCUT2D eigenvalue weighted by molar-refractivity contribution is 7.14. The van der Waals surface area contributed by atoms with Gasteiger partial charge in [0.15, 0.2) is 0 Å². The topological polar surface area (TPSA) is 35.0 Å². The van der Waals surface area contributed by atoms with E-state index in [0.29, 0.717) is 6.61 Å². The van der Waals surface area contributed by atoms with Gasteiger partial charge in [-0.05, 0) is 37.6 Å². The van der Waals surface area contributed by atoms with Crippen LogP contribution in [0.3, 0.4) is 0 Å². The molecule has 0 aliphatic rings. The zero-order chi connectivity index (χ0) is 14.9. The smallest absolute Gasteiger partial charge is 0.147 e.